The first-order valence-electron chi connectivity index (χ1n) is 9.87. The number of fused-ring (bicyclic) bond motifs is 1. The highest BCUT2D eigenvalue weighted by atomic mass is 16.6. The Morgan fingerprint density at radius 1 is 1.30 bits per heavy atom. The number of carbonyl (C=O) groups excluding carboxylic acids is 2. The number of ether oxygens (including phenoxy) is 1. The third-order valence-corrected chi connectivity index (χ3v) is 6.00. The number of benzene rings is 1. The first-order chi connectivity index (χ1) is 13.0. The van der Waals surface area contributed by atoms with E-state index < -0.39 is 5.60 Å². The van der Waals surface area contributed by atoms with Gasteiger partial charge in [-0.1, -0.05) is 19.4 Å². The van der Waals surface area contributed by atoms with Crippen LogP contribution < -0.4 is 0 Å². The molecule has 2 saturated heterocycles. The summed E-state index contributed by atoms with van der Waals surface area (Å²) in [6.45, 7) is 6.08. The van der Waals surface area contributed by atoms with Gasteiger partial charge in [-0.3, -0.25) is 4.79 Å². The molecule has 1 aromatic carbocycles. The van der Waals surface area contributed by atoms with E-state index in [2.05, 4.69) is 18.8 Å². The predicted molar refractivity (Wildman–Crippen MR) is 104 cm³/mol. The van der Waals surface area contributed by atoms with Gasteiger partial charge in [0.05, 0.1) is 6.54 Å². The lowest BCUT2D eigenvalue weighted by molar-refractivity contribution is 0.00307. The number of hydrogen-bond acceptors (Lipinski definition) is 3. The Morgan fingerprint density at radius 2 is 2.07 bits per heavy atom. The highest BCUT2D eigenvalue weighted by Gasteiger charge is 2.48. The van der Waals surface area contributed by atoms with Gasteiger partial charge in [0.25, 0.3) is 5.91 Å². The number of carbonyl (C=O) groups is 2. The van der Waals surface area contributed by atoms with Gasteiger partial charge in [0.15, 0.2) is 0 Å². The second-order valence-corrected chi connectivity index (χ2v) is 7.89. The van der Waals surface area contributed by atoms with Crippen LogP contribution in [0.5, 0.6) is 0 Å². The van der Waals surface area contributed by atoms with Gasteiger partial charge in [0.1, 0.15) is 5.60 Å². The summed E-state index contributed by atoms with van der Waals surface area (Å²) in [7, 11) is 0. The van der Waals surface area contributed by atoms with Crippen molar-refractivity contribution in [2.75, 3.05) is 19.6 Å². The number of amides is 2. The molecule has 1 aromatic heterocycles. The van der Waals surface area contributed by atoms with Crippen LogP contribution in [0.4, 0.5) is 4.79 Å². The van der Waals surface area contributed by atoms with E-state index in [1.807, 2.05) is 40.3 Å². The van der Waals surface area contributed by atoms with Crippen molar-refractivity contribution in [1.29, 1.82) is 0 Å². The number of hydrogen-bond donors (Lipinski definition) is 1. The fourth-order valence-electron chi connectivity index (χ4n) is 4.30. The minimum Gasteiger partial charge on any atom is -0.441 e. The van der Waals surface area contributed by atoms with E-state index in [1.54, 1.807) is 0 Å². The second kappa shape index (κ2) is 6.91. The molecular formula is C21H27N3O3. The summed E-state index contributed by atoms with van der Waals surface area (Å²) in [5, 5.41) is 1.10. The number of nitrogens with one attached hydrogen (secondary N) is 1. The number of aromatic nitrogens is 1. The molecule has 6 heteroatoms. The summed E-state index contributed by atoms with van der Waals surface area (Å²) >= 11 is 0. The van der Waals surface area contributed by atoms with Crippen molar-refractivity contribution in [3.63, 3.8) is 0 Å². The van der Waals surface area contributed by atoms with Crippen molar-refractivity contribution < 1.29 is 14.3 Å². The van der Waals surface area contributed by atoms with Crippen LogP contribution in [-0.2, 0) is 4.74 Å². The minimum atomic E-state index is -0.431. The average Bonchev–Trinajstić information content (AvgIpc) is 3.26. The maximum Gasteiger partial charge on any atom is 0.410 e. The van der Waals surface area contributed by atoms with Gasteiger partial charge in [0, 0.05) is 49.2 Å². The number of rotatable bonds is 4. The van der Waals surface area contributed by atoms with Gasteiger partial charge in [0.2, 0.25) is 0 Å². The van der Waals surface area contributed by atoms with Crippen LogP contribution in [0, 0.1) is 0 Å². The zero-order chi connectivity index (χ0) is 19.0. The molecule has 1 atom stereocenters. The fraction of sp³-hybridized carbons (Fsp3) is 0.524. The zero-order valence-electron chi connectivity index (χ0n) is 16.0. The quantitative estimate of drug-likeness (QED) is 0.892. The first-order valence-corrected chi connectivity index (χ1v) is 9.87. The number of piperidine rings is 1. The average molecular weight is 369 g/mol. The van der Waals surface area contributed by atoms with E-state index in [0.717, 1.165) is 23.7 Å². The van der Waals surface area contributed by atoms with E-state index >= 15 is 0 Å². The zero-order valence-corrected chi connectivity index (χ0v) is 16.0. The summed E-state index contributed by atoms with van der Waals surface area (Å²) in [6, 6.07) is 7.96. The molecule has 1 unspecified atom stereocenters. The van der Waals surface area contributed by atoms with Crippen LogP contribution in [0.3, 0.4) is 0 Å². The highest BCUT2D eigenvalue weighted by Crippen LogP contribution is 2.35. The van der Waals surface area contributed by atoms with Crippen LogP contribution >= 0.6 is 0 Å². The predicted octanol–water partition coefficient (Wildman–Crippen LogP) is 3.78. The van der Waals surface area contributed by atoms with Gasteiger partial charge < -0.3 is 19.5 Å². The molecule has 0 radical (unpaired) electrons. The molecule has 1 N–H and O–H groups in total. The maximum absolute atomic E-state index is 12.9. The van der Waals surface area contributed by atoms with Crippen molar-refractivity contribution in [3.8, 4) is 0 Å². The minimum absolute atomic E-state index is 0.0434. The monoisotopic (exact) mass is 369 g/mol. The summed E-state index contributed by atoms with van der Waals surface area (Å²) in [6.07, 6.45) is 5.11. The number of aromatic amines is 1. The molecule has 2 aromatic rings. The fourth-order valence-corrected chi connectivity index (χ4v) is 4.30. The molecule has 2 fully saturated rings. The Balaban J connectivity index is 1.41. The smallest absolute Gasteiger partial charge is 0.410 e. The molecule has 0 bridgehead atoms. The second-order valence-electron chi connectivity index (χ2n) is 7.89. The van der Waals surface area contributed by atoms with Gasteiger partial charge in [-0.05, 0) is 36.9 Å². The normalized spacial score (nSPS) is 20.3. The van der Waals surface area contributed by atoms with Crippen LogP contribution in [0.2, 0.25) is 0 Å². The standard InChI is InChI=1S/C21H27N3O3/c1-3-4-15(2)24-14-21(27-20(24)26)8-11-23(12-9-21)19(25)17-6-5-16-7-10-22-18(16)13-17/h5-7,10,13,15,22H,3-4,8-9,11-12,14H2,1-2H3. The largest absolute Gasteiger partial charge is 0.441 e. The van der Waals surface area contributed by atoms with Crippen molar-refractivity contribution in [2.45, 2.75) is 51.2 Å². The van der Waals surface area contributed by atoms with E-state index in [9.17, 15) is 9.59 Å². The van der Waals surface area contributed by atoms with Crippen molar-refractivity contribution in [3.05, 3.63) is 36.0 Å². The van der Waals surface area contributed by atoms with Crippen LogP contribution in [0.15, 0.2) is 30.5 Å². The molecule has 4 rings (SSSR count). The molecule has 6 nitrogen and oxygen atoms in total. The summed E-state index contributed by atoms with van der Waals surface area (Å²) in [5.41, 5.74) is 1.24. The molecule has 144 valence electrons. The Hall–Kier alpha value is -2.50. The molecule has 2 aliphatic rings. The molecule has 27 heavy (non-hydrogen) atoms. The SMILES string of the molecule is CCCC(C)N1CC2(CCN(C(=O)c3ccc4cc[nH]c4c3)CC2)OC1=O. The Morgan fingerprint density at radius 3 is 2.81 bits per heavy atom. The number of likely N-dealkylation sites (tertiary alicyclic amines) is 1. The summed E-state index contributed by atoms with van der Waals surface area (Å²) in [4.78, 5) is 32.1. The van der Waals surface area contributed by atoms with E-state index in [1.165, 1.54) is 0 Å². The van der Waals surface area contributed by atoms with Crippen LogP contribution in [0.25, 0.3) is 10.9 Å². The Labute approximate surface area is 159 Å². The first kappa shape index (κ1) is 17.9. The third-order valence-electron chi connectivity index (χ3n) is 6.00. The molecule has 3 heterocycles. The molecule has 0 saturated carbocycles. The topological polar surface area (TPSA) is 65.6 Å². The lowest BCUT2D eigenvalue weighted by atomic mass is 9.90. The van der Waals surface area contributed by atoms with E-state index in [4.69, 9.17) is 4.74 Å². The van der Waals surface area contributed by atoms with Crippen molar-refractivity contribution in [2.24, 2.45) is 0 Å². The molecule has 1 spiro atoms. The van der Waals surface area contributed by atoms with Gasteiger partial charge >= 0.3 is 6.09 Å². The van der Waals surface area contributed by atoms with Gasteiger partial charge in [-0.2, -0.15) is 0 Å². The molecule has 0 aliphatic carbocycles. The number of nitrogens with zero attached hydrogens (tertiary/aromatic N) is 2. The third kappa shape index (κ3) is 3.29. The summed E-state index contributed by atoms with van der Waals surface area (Å²) in [5.74, 6) is 0.0434. The van der Waals surface area contributed by atoms with Crippen molar-refractivity contribution in [1.82, 2.24) is 14.8 Å². The van der Waals surface area contributed by atoms with E-state index in [0.29, 0.717) is 38.0 Å². The lowest BCUT2D eigenvalue weighted by Gasteiger charge is -2.37. The molecule has 2 amide bonds. The number of H-pyrrole nitrogens is 1. The Kier molecular flexibility index (Phi) is 4.58. The molecule has 2 aliphatic heterocycles. The van der Waals surface area contributed by atoms with Gasteiger partial charge in [-0.15, -0.1) is 0 Å². The van der Waals surface area contributed by atoms with Crippen LogP contribution in [0.1, 0.15) is 49.9 Å². The van der Waals surface area contributed by atoms with E-state index in [-0.39, 0.29) is 18.0 Å². The van der Waals surface area contributed by atoms with Gasteiger partial charge in [-0.25, -0.2) is 4.79 Å². The lowest BCUT2D eigenvalue weighted by Crippen LogP contribution is -2.49. The Bertz CT molecular complexity index is 851. The van der Waals surface area contributed by atoms with Crippen molar-refractivity contribution >= 4 is 22.9 Å². The van der Waals surface area contributed by atoms with Crippen LogP contribution in [-0.4, -0.2) is 58.1 Å². The summed E-state index contributed by atoms with van der Waals surface area (Å²) < 4.78 is 5.79. The molecular weight excluding hydrogens is 342 g/mol. The maximum atomic E-state index is 12.9. The highest BCUT2D eigenvalue weighted by molar-refractivity contribution is 5.98.